The third-order valence-corrected chi connectivity index (χ3v) is 4.25. The number of benzene rings is 2. The Balaban J connectivity index is 2.00. The van der Waals surface area contributed by atoms with Crippen LogP contribution in [0.3, 0.4) is 0 Å². The average Bonchev–Trinajstić information content (AvgIpc) is 2.62. The Morgan fingerprint density at radius 2 is 2.00 bits per heavy atom. The van der Waals surface area contributed by atoms with Gasteiger partial charge in [-0.15, -0.1) is 0 Å². The molecule has 144 valence electrons. The summed E-state index contributed by atoms with van der Waals surface area (Å²) in [7, 11) is 2.86. The fourth-order valence-corrected chi connectivity index (χ4v) is 2.69. The molecule has 0 atom stereocenters. The molecule has 0 unspecified atom stereocenters. The SMILES string of the molecule is CON(C)C(=O)Nc1cccc(OCCc2cc([N+](=O)[O-])c(Cl)cc2Cl)c1. The predicted molar refractivity (Wildman–Crippen MR) is 103 cm³/mol. The Bertz CT molecular complexity index is 847. The van der Waals surface area contributed by atoms with Gasteiger partial charge in [0, 0.05) is 36.3 Å². The third-order valence-electron chi connectivity index (χ3n) is 3.60. The number of nitrogens with zero attached hydrogens (tertiary/aromatic N) is 2. The number of hydrogen-bond acceptors (Lipinski definition) is 5. The summed E-state index contributed by atoms with van der Waals surface area (Å²) >= 11 is 11.9. The molecule has 0 spiro atoms. The van der Waals surface area contributed by atoms with E-state index in [1.165, 1.54) is 26.3 Å². The molecule has 2 aromatic rings. The first kappa shape index (κ1) is 20.8. The second-order valence-corrected chi connectivity index (χ2v) is 6.20. The first-order chi connectivity index (χ1) is 12.8. The molecule has 10 heteroatoms. The molecule has 8 nitrogen and oxygen atoms in total. The zero-order valence-corrected chi connectivity index (χ0v) is 16.1. The number of nitro benzene ring substituents is 1. The van der Waals surface area contributed by atoms with Crippen molar-refractivity contribution in [2.75, 3.05) is 26.1 Å². The molecule has 2 aromatic carbocycles. The molecule has 0 heterocycles. The minimum absolute atomic E-state index is 0.0147. The number of urea groups is 1. The summed E-state index contributed by atoms with van der Waals surface area (Å²) in [5.41, 5.74) is 0.878. The van der Waals surface area contributed by atoms with Crippen molar-refractivity contribution < 1.29 is 19.3 Å². The van der Waals surface area contributed by atoms with E-state index >= 15 is 0 Å². The maximum absolute atomic E-state index is 11.8. The molecule has 0 bridgehead atoms. The van der Waals surface area contributed by atoms with Crippen LogP contribution >= 0.6 is 23.2 Å². The molecule has 0 aliphatic rings. The number of halogens is 2. The fraction of sp³-hybridized carbons (Fsp3) is 0.235. The van der Waals surface area contributed by atoms with E-state index in [-0.39, 0.29) is 17.3 Å². The number of amides is 2. The second-order valence-electron chi connectivity index (χ2n) is 5.39. The summed E-state index contributed by atoms with van der Waals surface area (Å²) in [6.07, 6.45) is 0.347. The molecule has 0 radical (unpaired) electrons. The molecule has 0 saturated heterocycles. The highest BCUT2D eigenvalue weighted by Crippen LogP contribution is 2.31. The highest BCUT2D eigenvalue weighted by atomic mass is 35.5. The molecular formula is C17H17Cl2N3O5. The Morgan fingerprint density at radius 1 is 1.26 bits per heavy atom. The van der Waals surface area contributed by atoms with E-state index in [9.17, 15) is 14.9 Å². The van der Waals surface area contributed by atoms with E-state index in [0.29, 0.717) is 28.4 Å². The molecule has 2 rings (SSSR count). The predicted octanol–water partition coefficient (Wildman–Crippen LogP) is 4.55. The maximum atomic E-state index is 11.8. The van der Waals surface area contributed by atoms with E-state index in [0.717, 1.165) is 5.06 Å². The first-order valence-electron chi connectivity index (χ1n) is 7.75. The smallest absolute Gasteiger partial charge is 0.345 e. The molecule has 0 aliphatic carbocycles. The molecule has 1 N–H and O–H groups in total. The topological polar surface area (TPSA) is 93.9 Å². The highest BCUT2D eigenvalue weighted by molar-refractivity contribution is 6.36. The summed E-state index contributed by atoms with van der Waals surface area (Å²) < 4.78 is 5.65. The van der Waals surface area contributed by atoms with Gasteiger partial charge in [0.1, 0.15) is 10.8 Å². The number of anilines is 1. The van der Waals surface area contributed by atoms with Gasteiger partial charge in [0.25, 0.3) is 5.69 Å². The number of rotatable bonds is 7. The normalized spacial score (nSPS) is 10.4. The zero-order chi connectivity index (χ0) is 20.0. The van der Waals surface area contributed by atoms with Crippen molar-refractivity contribution in [3.63, 3.8) is 0 Å². The number of ether oxygens (including phenoxy) is 1. The van der Waals surface area contributed by atoms with E-state index in [2.05, 4.69) is 5.32 Å². The fourth-order valence-electron chi connectivity index (χ4n) is 2.14. The van der Waals surface area contributed by atoms with Crippen LogP contribution in [-0.2, 0) is 11.3 Å². The van der Waals surface area contributed by atoms with Gasteiger partial charge >= 0.3 is 6.03 Å². The molecular weight excluding hydrogens is 397 g/mol. The van der Waals surface area contributed by atoms with E-state index in [1.807, 2.05) is 0 Å². The van der Waals surface area contributed by atoms with Gasteiger partial charge in [-0.3, -0.25) is 15.0 Å². The lowest BCUT2D eigenvalue weighted by molar-refractivity contribution is -0.384. The van der Waals surface area contributed by atoms with Crippen LogP contribution in [0.1, 0.15) is 5.56 Å². The number of carbonyl (C=O) groups is 1. The van der Waals surface area contributed by atoms with Crippen LogP contribution in [0.15, 0.2) is 36.4 Å². The largest absolute Gasteiger partial charge is 0.493 e. The van der Waals surface area contributed by atoms with E-state index in [4.69, 9.17) is 32.8 Å². The molecule has 0 saturated carbocycles. The van der Waals surface area contributed by atoms with Crippen LogP contribution in [0.5, 0.6) is 5.75 Å². The second kappa shape index (κ2) is 9.40. The van der Waals surface area contributed by atoms with Gasteiger partial charge in [-0.25, -0.2) is 9.86 Å². The summed E-state index contributed by atoms with van der Waals surface area (Å²) in [6.45, 7) is 0.230. The van der Waals surface area contributed by atoms with Crippen LogP contribution in [0.25, 0.3) is 0 Å². The maximum Gasteiger partial charge on any atom is 0.345 e. The standard InChI is InChI=1S/C17H17Cl2N3O5/c1-21(26-2)17(23)20-12-4-3-5-13(9-12)27-7-6-11-8-16(22(24)25)15(19)10-14(11)18/h3-5,8-10H,6-7H2,1-2H3,(H,20,23). The van der Waals surface area contributed by atoms with E-state index in [1.54, 1.807) is 24.3 Å². The lowest BCUT2D eigenvalue weighted by atomic mass is 10.1. The number of nitro groups is 1. The monoisotopic (exact) mass is 413 g/mol. The van der Waals surface area contributed by atoms with Gasteiger partial charge in [0.15, 0.2) is 0 Å². The zero-order valence-electron chi connectivity index (χ0n) is 14.6. The van der Waals surface area contributed by atoms with Crippen molar-refractivity contribution in [3.05, 3.63) is 62.1 Å². The molecule has 0 fully saturated rings. The van der Waals surface area contributed by atoms with Gasteiger partial charge < -0.3 is 10.1 Å². The van der Waals surface area contributed by atoms with E-state index < -0.39 is 11.0 Å². The number of hydrogen-bond donors (Lipinski definition) is 1. The van der Waals surface area contributed by atoms with Gasteiger partial charge in [0.2, 0.25) is 0 Å². The Labute approximate surface area is 165 Å². The van der Waals surface area contributed by atoms with Crippen LogP contribution < -0.4 is 10.1 Å². The molecule has 0 aromatic heterocycles. The summed E-state index contributed by atoms with van der Waals surface area (Å²) in [4.78, 5) is 27.0. The number of carbonyl (C=O) groups excluding carboxylic acids is 1. The van der Waals surface area contributed by atoms with Crippen molar-refractivity contribution in [3.8, 4) is 5.75 Å². The third kappa shape index (κ3) is 5.72. The summed E-state index contributed by atoms with van der Waals surface area (Å²) in [5, 5.41) is 15.0. The quantitative estimate of drug-likeness (QED) is 0.530. The lowest BCUT2D eigenvalue weighted by Crippen LogP contribution is -2.30. The van der Waals surface area contributed by atoms with Gasteiger partial charge in [-0.05, 0) is 23.8 Å². The Kier molecular flexibility index (Phi) is 7.23. The van der Waals surface area contributed by atoms with Gasteiger partial charge in [-0.2, -0.15) is 0 Å². The molecule has 0 aliphatic heterocycles. The van der Waals surface area contributed by atoms with Gasteiger partial charge in [-0.1, -0.05) is 29.3 Å². The van der Waals surface area contributed by atoms with Crippen LogP contribution in [0.2, 0.25) is 10.0 Å². The Morgan fingerprint density at radius 3 is 2.67 bits per heavy atom. The average molecular weight is 414 g/mol. The highest BCUT2D eigenvalue weighted by Gasteiger charge is 2.16. The van der Waals surface area contributed by atoms with Crippen molar-refractivity contribution in [2.24, 2.45) is 0 Å². The van der Waals surface area contributed by atoms with Crippen LogP contribution in [0, 0.1) is 10.1 Å². The summed E-state index contributed by atoms with van der Waals surface area (Å²) in [5.74, 6) is 0.521. The van der Waals surface area contributed by atoms with Crippen molar-refractivity contribution in [1.82, 2.24) is 5.06 Å². The number of hydroxylamine groups is 2. The Hall–Kier alpha value is -2.55. The molecule has 27 heavy (non-hydrogen) atoms. The number of nitrogens with one attached hydrogen (secondary N) is 1. The van der Waals surface area contributed by atoms with Gasteiger partial charge in [0.05, 0.1) is 18.6 Å². The van der Waals surface area contributed by atoms with Crippen LogP contribution in [0.4, 0.5) is 16.2 Å². The van der Waals surface area contributed by atoms with Crippen molar-refractivity contribution >= 4 is 40.6 Å². The molecule has 2 amide bonds. The van der Waals surface area contributed by atoms with Crippen LogP contribution in [-0.4, -0.2) is 36.8 Å². The minimum atomic E-state index is -0.563. The van der Waals surface area contributed by atoms with Crippen molar-refractivity contribution in [1.29, 1.82) is 0 Å². The first-order valence-corrected chi connectivity index (χ1v) is 8.51. The lowest BCUT2D eigenvalue weighted by Gasteiger charge is -2.15. The summed E-state index contributed by atoms with van der Waals surface area (Å²) in [6, 6.07) is 9.04. The minimum Gasteiger partial charge on any atom is -0.493 e. The van der Waals surface area contributed by atoms with Crippen molar-refractivity contribution in [2.45, 2.75) is 6.42 Å².